The molecule has 7 heteroatoms. The predicted octanol–water partition coefficient (Wildman–Crippen LogP) is 5.52. The highest BCUT2D eigenvalue weighted by atomic mass is 19.1. The van der Waals surface area contributed by atoms with Crippen LogP contribution in [0.2, 0.25) is 0 Å². The molecule has 1 aliphatic heterocycles. The second-order valence-electron chi connectivity index (χ2n) is 8.83. The zero-order chi connectivity index (χ0) is 23.5. The Morgan fingerprint density at radius 3 is 2.42 bits per heavy atom. The van der Waals surface area contributed by atoms with Gasteiger partial charge in [-0.15, -0.1) is 0 Å². The highest BCUT2D eigenvalue weighted by molar-refractivity contribution is 5.98. The van der Waals surface area contributed by atoms with E-state index in [1.165, 1.54) is 42.1 Å². The van der Waals surface area contributed by atoms with Crippen LogP contribution in [0.1, 0.15) is 66.3 Å². The van der Waals surface area contributed by atoms with Crippen LogP contribution in [0.5, 0.6) is 0 Å². The largest absolute Gasteiger partial charge is 0.483 e. The molecule has 2 heterocycles. The lowest BCUT2D eigenvalue weighted by molar-refractivity contribution is -0.122. The highest BCUT2D eigenvalue weighted by Crippen LogP contribution is 2.48. The minimum absolute atomic E-state index is 0.188. The van der Waals surface area contributed by atoms with Gasteiger partial charge in [-0.25, -0.2) is 4.39 Å². The van der Waals surface area contributed by atoms with Crippen LogP contribution in [-0.4, -0.2) is 35.6 Å². The number of anilines is 1. The molecule has 5 rings (SSSR count). The van der Waals surface area contributed by atoms with Crippen LogP contribution < -0.4 is 5.73 Å². The standard InChI is InChI=1S/C25H28FN3O.CH2O2/c1-15-11-19(5-6-21(15)26)29-23-12-18(14-27)22(28)13-20(23)24(16-3-2-4-16)25(29)17-7-9-30-10-8-17;2-1-3/h5-6,11-14,16-17,27H,2-4,7-10,28H2,1H3;1H,(H,2,3). The summed E-state index contributed by atoms with van der Waals surface area (Å²) in [5.41, 5.74) is 13.1. The fraction of sp³-hybridized carbons (Fsp3) is 0.385. The van der Waals surface area contributed by atoms with E-state index in [9.17, 15) is 4.39 Å². The lowest BCUT2D eigenvalue weighted by Crippen LogP contribution is -2.20. The molecule has 2 aromatic carbocycles. The lowest BCUT2D eigenvalue weighted by Gasteiger charge is -2.31. The zero-order valence-electron chi connectivity index (χ0n) is 18.8. The number of aromatic nitrogens is 1. The van der Waals surface area contributed by atoms with Crippen molar-refractivity contribution >= 4 is 29.3 Å². The van der Waals surface area contributed by atoms with Gasteiger partial charge in [0.25, 0.3) is 6.47 Å². The molecule has 174 valence electrons. The van der Waals surface area contributed by atoms with Gasteiger partial charge >= 0.3 is 0 Å². The first-order valence-corrected chi connectivity index (χ1v) is 11.4. The average Bonchev–Trinajstić information content (AvgIpc) is 3.08. The van der Waals surface area contributed by atoms with Crippen molar-refractivity contribution in [1.29, 1.82) is 5.41 Å². The summed E-state index contributed by atoms with van der Waals surface area (Å²) in [5.74, 6) is 0.751. The molecule has 0 unspecified atom stereocenters. The zero-order valence-corrected chi connectivity index (χ0v) is 18.8. The Labute approximate surface area is 192 Å². The molecule has 1 aromatic heterocycles. The second-order valence-corrected chi connectivity index (χ2v) is 8.83. The summed E-state index contributed by atoms with van der Waals surface area (Å²) >= 11 is 0. The molecular formula is C26H30FN3O3. The number of hydrogen-bond donors (Lipinski definition) is 3. The third kappa shape index (κ3) is 4.25. The molecule has 4 N–H and O–H groups in total. The van der Waals surface area contributed by atoms with Gasteiger partial charge < -0.3 is 25.6 Å². The number of hydrogen-bond acceptors (Lipinski definition) is 4. The van der Waals surface area contributed by atoms with Gasteiger partial charge in [-0.3, -0.25) is 4.79 Å². The summed E-state index contributed by atoms with van der Waals surface area (Å²) in [6.45, 7) is 3.10. The van der Waals surface area contributed by atoms with E-state index in [4.69, 9.17) is 25.8 Å². The van der Waals surface area contributed by atoms with Gasteiger partial charge in [0.2, 0.25) is 0 Å². The van der Waals surface area contributed by atoms with Crippen LogP contribution in [0, 0.1) is 18.2 Å². The van der Waals surface area contributed by atoms with Gasteiger partial charge in [-0.05, 0) is 80.0 Å². The van der Waals surface area contributed by atoms with Crippen LogP contribution in [0.3, 0.4) is 0 Å². The Morgan fingerprint density at radius 1 is 1.15 bits per heavy atom. The van der Waals surface area contributed by atoms with Crippen LogP contribution in [0.25, 0.3) is 16.6 Å². The van der Waals surface area contributed by atoms with Crippen LogP contribution in [0.15, 0.2) is 30.3 Å². The quantitative estimate of drug-likeness (QED) is 0.276. The molecule has 0 bridgehead atoms. The maximum absolute atomic E-state index is 14.1. The summed E-state index contributed by atoms with van der Waals surface area (Å²) in [7, 11) is 0. The molecule has 1 saturated carbocycles. The first-order valence-electron chi connectivity index (χ1n) is 11.4. The van der Waals surface area contributed by atoms with Crippen molar-refractivity contribution in [3.8, 4) is 5.69 Å². The van der Waals surface area contributed by atoms with E-state index in [-0.39, 0.29) is 12.3 Å². The van der Waals surface area contributed by atoms with E-state index in [0.717, 1.165) is 42.8 Å². The number of halogens is 1. The van der Waals surface area contributed by atoms with Crippen molar-refractivity contribution in [2.24, 2.45) is 0 Å². The van der Waals surface area contributed by atoms with Crippen molar-refractivity contribution in [1.82, 2.24) is 4.57 Å². The molecule has 33 heavy (non-hydrogen) atoms. The van der Waals surface area contributed by atoms with Crippen molar-refractivity contribution < 1.29 is 19.0 Å². The SMILES string of the molecule is Cc1cc(-n2c(C3CCOCC3)c(C3CCC3)c3cc(N)c(C=N)cc32)ccc1F.O=CO. The first-order chi connectivity index (χ1) is 16.0. The molecule has 0 amide bonds. The summed E-state index contributed by atoms with van der Waals surface area (Å²) in [6, 6.07) is 9.45. The van der Waals surface area contributed by atoms with Crippen molar-refractivity contribution in [3.05, 3.63) is 58.5 Å². The fourth-order valence-electron chi connectivity index (χ4n) is 5.08. The Morgan fingerprint density at radius 2 is 1.85 bits per heavy atom. The van der Waals surface area contributed by atoms with E-state index in [0.29, 0.717) is 23.1 Å². The van der Waals surface area contributed by atoms with Crippen molar-refractivity contribution in [3.63, 3.8) is 0 Å². The molecule has 1 saturated heterocycles. The second kappa shape index (κ2) is 9.75. The molecule has 3 aromatic rings. The maximum atomic E-state index is 14.1. The molecule has 0 atom stereocenters. The van der Waals surface area contributed by atoms with E-state index >= 15 is 0 Å². The Hall–Kier alpha value is -3.19. The van der Waals surface area contributed by atoms with Gasteiger partial charge in [-0.1, -0.05) is 6.42 Å². The monoisotopic (exact) mass is 451 g/mol. The Balaban J connectivity index is 0.000000821. The maximum Gasteiger partial charge on any atom is 0.290 e. The van der Waals surface area contributed by atoms with Crippen LogP contribution in [-0.2, 0) is 9.53 Å². The molecule has 0 spiro atoms. The average molecular weight is 452 g/mol. The van der Waals surface area contributed by atoms with Crippen molar-refractivity contribution in [2.75, 3.05) is 18.9 Å². The number of ether oxygens (including phenoxy) is 1. The number of nitrogens with zero attached hydrogens (tertiary/aromatic N) is 1. The molecule has 2 aliphatic rings. The van der Waals surface area contributed by atoms with E-state index in [2.05, 4.69) is 10.6 Å². The number of aryl methyl sites for hydroxylation is 1. The number of carboxylic acid groups (broad SMARTS) is 1. The van der Waals surface area contributed by atoms with E-state index in [1.54, 1.807) is 6.07 Å². The number of nitrogen functional groups attached to an aromatic ring is 1. The summed E-state index contributed by atoms with van der Waals surface area (Å²) < 4.78 is 22.1. The number of carbonyl (C=O) groups is 1. The van der Waals surface area contributed by atoms with Gasteiger partial charge in [0.1, 0.15) is 5.82 Å². The number of rotatable bonds is 4. The highest BCUT2D eigenvalue weighted by Gasteiger charge is 2.33. The molecule has 2 fully saturated rings. The third-order valence-electron chi connectivity index (χ3n) is 6.93. The summed E-state index contributed by atoms with van der Waals surface area (Å²) in [4.78, 5) is 8.36. The minimum atomic E-state index is -0.250. The Bertz CT molecular complexity index is 1180. The lowest BCUT2D eigenvalue weighted by atomic mass is 9.76. The third-order valence-corrected chi connectivity index (χ3v) is 6.93. The number of nitrogens with two attached hydrogens (primary N) is 1. The molecule has 1 aliphatic carbocycles. The fourth-order valence-corrected chi connectivity index (χ4v) is 5.08. The smallest absolute Gasteiger partial charge is 0.290 e. The first kappa shape index (κ1) is 23.0. The number of benzene rings is 2. The Kier molecular flexibility index (Phi) is 6.79. The molecule has 6 nitrogen and oxygen atoms in total. The van der Waals surface area contributed by atoms with Crippen LogP contribution in [0.4, 0.5) is 10.1 Å². The summed E-state index contributed by atoms with van der Waals surface area (Å²) in [5, 5.41) is 15.9. The van der Waals surface area contributed by atoms with Gasteiger partial charge in [-0.2, -0.15) is 0 Å². The van der Waals surface area contributed by atoms with Gasteiger partial charge in [0.15, 0.2) is 0 Å². The normalized spacial score (nSPS) is 16.7. The molecular weight excluding hydrogens is 421 g/mol. The van der Waals surface area contributed by atoms with Gasteiger partial charge in [0.05, 0.1) is 5.52 Å². The number of fused-ring (bicyclic) bond motifs is 1. The predicted molar refractivity (Wildman–Crippen MR) is 128 cm³/mol. The van der Waals surface area contributed by atoms with Gasteiger partial charge in [0, 0.05) is 53.4 Å². The minimum Gasteiger partial charge on any atom is -0.483 e. The van der Waals surface area contributed by atoms with Crippen molar-refractivity contribution in [2.45, 2.75) is 50.9 Å². The van der Waals surface area contributed by atoms with E-state index in [1.807, 2.05) is 25.1 Å². The van der Waals surface area contributed by atoms with E-state index < -0.39 is 0 Å². The number of nitrogens with one attached hydrogen (secondary N) is 1. The summed E-state index contributed by atoms with van der Waals surface area (Å²) in [6.07, 6.45) is 6.95. The van der Waals surface area contributed by atoms with Crippen LogP contribution >= 0.6 is 0 Å². The topological polar surface area (TPSA) is 101 Å². The molecule has 0 radical (unpaired) electrons.